The summed E-state index contributed by atoms with van der Waals surface area (Å²) in [6.45, 7) is 6.63. The van der Waals surface area contributed by atoms with Gasteiger partial charge in [-0.2, -0.15) is 0 Å². The average Bonchev–Trinajstić information content (AvgIpc) is 2.95. The average molecular weight is 262 g/mol. The minimum Gasteiger partial charge on any atom is -0.458 e. The third-order valence-corrected chi connectivity index (χ3v) is 5.43. The fourth-order valence-electron chi connectivity index (χ4n) is 4.35. The van der Waals surface area contributed by atoms with Crippen LogP contribution < -0.4 is 0 Å². The van der Waals surface area contributed by atoms with Crippen LogP contribution in [0, 0.1) is 17.8 Å². The maximum Gasteiger partial charge on any atom is 0.334 e. The van der Waals surface area contributed by atoms with Gasteiger partial charge in [0.15, 0.2) is 0 Å². The molecule has 2 saturated heterocycles. The second-order valence-electron chi connectivity index (χ2n) is 6.36. The van der Waals surface area contributed by atoms with E-state index in [2.05, 4.69) is 19.6 Å². The van der Waals surface area contributed by atoms with Crippen LogP contribution in [0.25, 0.3) is 0 Å². The first-order valence-electron chi connectivity index (χ1n) is 6.92. The maximum absolute atomic E-state index is 11.8. The van der Waals surface area contributed by atoms with E-state index in [0.29, 0.717) is 24.5 Å². The Morgan fingerprint density at radius 3 is 2.89 bits per heavy atom. The van der Waals surface area contributed by atoms with Gasteiger partial charge >= 0.3 is 5.97 Å². The Morgan fingerprint density at radius 2 is 2.21 bits per heavy atom. The van der Waals surface area contributed by atoms with Gasteiger partial charge in [-0.15, -0.1) is 0 Å². The highest BCUT2D eigenvalue weighted by Crippen LogP contribution is 2.57. The van der Waals surface area contributed by atoms with Crippen LogP contribution in [0.3, 0.4) is 0 Å². The first kappa shape index (κ1) is 11.7. The molecule has 4 rings (SSSR count). The van der Waals surface area contributed by atoms with Crippen molar-refractivity contribution in [3.63, 3.8) is 0 Å². The highest BCUT2D eigenvalue weighted by Gasteiger charge is 2.64. The van der Waals surface area contributed by atoms with Crippen LogP contribution in [0.1, 0.15) is 19.8 Å². The molecule has 3 fully saturated rings. The molecule has 0 aromatic rings. The van der Waals surface area contributed by atoms with Crippen molar-refractivity contribution in [1.29, 1.82) is 0 Å². The third kappa shape index (κ3) is 1.39. The van der Waals surface area contributed by atoms with E-state index in [4.69, 9.17) is 9.47 Å². The molecule has 6 atom stereocenters. The number of carbonyl (C=O) groups is 1. The molecule has 4 aliphatic rings. The summed E-state index contributed by atoms with van der Waals surface area (Å²) in [4.78, 5) is 11.8. The lowest BCUT2D eigenvalue weighted by molar-refractivity contribution is -0.141. The molecular weight excluding hydrogens is 244 g/mol. The highest BCUT2D eigenvalue weighted by atomic mass is 16.6. The fourth-order valence-corrected chi connectivity index (χ4v) is 4.35. The molecule has 0 radical (unpaired) electrons. The summed E-state index contributed by atoms with van der Waals surface area (Å²) < 4.78 is 11.3. The Bertz CT molecular complexity index is 502. The molecule has 1 saturated carbocycles. The third-order valence-electron chi connectivity index (χ3n) is 5.43. The van der Waals surface area contributed by atoms with Crippen LogP contribution in [0.2, 0.25) is 0 Å². The van der Waals surface area contributed by atoms with E-state index in [0.717, 1.165) is 6.42 Å². The number of hydrogen-bond acceptors (Lipinski definition) is 4. The monoisotopic (exact) mass is 262 g/mol. The molecule has 2 heterocycles. The summed E-state index contributed by atoms with van der Waals surface area (Å²) in [6, 6.07) is 0. The van der Waals surface area contributed by atoms with E-state index in [1.165, 1.54) is 5.57 Å². The lowest BCUT2D eigenvalue weighted by atomic mass is 9.78. The van der Waals surface area contributed by atoms with Crippen LogP contribution in [-0.4, -0.2) is 35.5 Å². The van der Waals surface area contributed by atoms with Gasteiger partial charge in [0.25, 0.3) is 0 Å². The number of aliphatic hydroxyl groups is 1. The number of aliphatic hydroxyl groups excluding tert-OH is 1. The number of allylic oxidation sites excluding steroid dienone is 1. The van der Waals surface area contributed by atoms with Gasteiger partial charge in [-0.1, -0.05) is 18.2 Å². The summed E-state index contributed by atoms with van der Waals surface area (Å²) in [5.41, 5.74) is 1.48. The standard InChI is InChI=1S/C15H18O4/c1-7-3-4-9-11(7)13-12(8(2)14(17)19-13)10(16)5-15(9)6-18-15/h3,9-13,16H,2,4-6H2,1H3/t9-,10-,11+,12-,13+,15-/m1/s1. The summed E-state index contributed by atoms with van der Waals surface area (Å²) >= 11 is 0. The van der Waals surface area contributed by atoms with Crippen molar-refractivity contribution in [2.24, 2.45) is 17.8 Å². The molecule has 1 spiro atoms. The fraction of sp³-hybridized carbons (Fsp3) is 0.667. The lowest BCUT2D eigenvalue weighted by Crippen LogP contribution is -2.34. The molecule has 102 valence electrons. The van der Waals surface area contributed by atoms with E-state index in [-0.39, 0.29) is 29.5 Å². The molecule has 2 aliphatic heterocycles. The zero-order valence-electron chi connectivity index (χ0n) is 11.0. The Labute approximate surface area is 112 Å². The highest BCUT2D eigenvalue weighted by molar-refractivity contribution is 5.91. The van der Waals surface area contributed by atoms with E-state index >= 15 is 0 Å². The number of fused-ring (bicyclic) bond motifs is 4. The lowest BCUT2D eigenvalue weighted by Gasteiger charge is -2.28. The SMILES string of the molecule is C=C1C(=O)O[C@H]2[C@H]3C(C)=CC[C@H]3[C@]3(CO3)C[C@@H](O)[C@@H]12. The molecule has 0 unspecified atom stereocenters. The van der Waals surface area contributed by atoms with Gasteiger partial charge in [0.1, 0.15) is 6.10 Å². The molecule has 0 bridgehead atoms. The smallest absolute Gasteiger partial charge is 0.334 e. The van der Waals surface area contributed by atoms with Crippen molar-refractivity contribution in [1.82, 2.24) is 0 Å². The molecule has 0 amide bonds. The molecule has 2 aliphatic carbocycles. The van der Waals surface area contributed by atoms with Crippen molar-refractivity contribution in [3.05, 3.63) is 23.8 Å². The van der Waals surface area contributed by atoms with E-state index in [1.54, 1.807) is 0 Å². The van der Waals surface area contributed by atoms with Crippen LogP contribution >= 0.6 is 0 Å². The van der Waals surface area contributed by atoms with Gasteiger partial charge in [-0.05, 0) is 13.3 Å². The number of rotatable bonds is 0. The first-order valence-corrected chi connectivity index (χ1v) is 6.92. The van der Waals surface area contributed by atoms with Crippen molar-refractivity contribution in [3.8, 4) is 0 Å². The molecule has 4 heteroatoms. The number of hydrogen-bond donors (Lipinski definition) is 1. The molecule has 4 nitrogen and oxygen atoms in total. The van der Waals surface area contributed by atoms with Crippen molar-refractivity contribution in [2.45, 2.75) is 37.6 Å². The molecule has 0 aromatic carbocycles. The van der Waals surface area contributed by atoms with E-state index in [1.807, 2.05) is 0 Å². The summed E-state index contributed by atoms with van der Waals surface area (Å²) in [5.74, 6) is -0.117. The van der Waals surface area contributed by atoms with Gasteiger partial charge in [0.05, 0.1) is 24.2 Å². The zero-order valence-corrected chi connectivity index (χ0v) is 11.0. The molecule has 19 heavy (non-hydrogen) atoms. The van der Waals surface area contributed by atoms with Crippen LogP contribution in [-0.2, 0) is 14.3 Å². The topological polar surface area (TPSA) is 59.1 Å². The minimum absolute atomic E-state index is 0.174. The molecule has 1 N–H and O–H groups in total. The second-order valence-corrected chi connectivity index (χ2v) is 6.36. The largest absolute Gasteiger partial charge is 0.458 e. The van der Waals surface area contributed by atoms with Crippen molar-refractivity contribution in [2.75, 3.05) is 6.61 Å². The van der Waals surface area contributed by atoms with Crippen LogP contribution in [0.15, 0.2) is 23.8 Å². The van der Waals surface area contributed by atoms with Crippen molar-refractivity contribution >= 4 is 5.97 Å². The maximum atomic E-state index is 11.8. The normalized spacial score (nSPS) is 51.5. The minimum atomic E-state index is -0.593. The number of esters is 1. The zero-order chi connectivity index (χ0) is 13.4. The van der Waals surface area contributed by atoms with Crippen LogP contribution in [0.4, 0.5) is 0 Å². The Morgan fingerprint density at radius 1 is 1.47 bits per heavy atom. The second kappa shape index (κ2) is 3.49. The van der Waals surface area contributed by atoms with Gasteiger partial charge in [-0.25, -0.2) is 4.79 Å². The quantitative estimate of drug-likeness (QED) is 0.308. The predicted octanol–water partition coefficient (Wildman–Crippen LogP) is 1.20. The number of carbonyl (C=O) groups excluding carboxylic acids is 1. The van der Waals surface area contributed by atoms with Gasteiger partial charge in [0, 0.05) is 23.8 Å². The first-order chi connectivity index (χ1) is 9.03. The molecule has 0 aromatic heterocycles. The van der Waals surface area contributed by atoms with E-state index < -0.39 is 6.10 Å². The summed E-state index contributed by atoms with van der Waals surface area (Å²) in [5, 5.41) is 10.5. The predicted molar refractivity (Wildman–Crippen MR) is 67.2 cm³/mol. The number of epoxide rings is 1. The van der Waals surface area contributed by atoms with Crippen LogP contribution in [0.5, 0.6) is 0 Å². The van der Waals surface area contributed by atoms with Gasteiger partial charge in [0.2, 0.25) is 0 Å². The summed E-state index contributed by atoms with van der Waals surface area (Å²) in [6.07, 6.45) is 2.91. The van der Waals surface area contributed by atoms with Crippen molar-refractivity contribution < 1.29 is 19.4 Å². The van der Waals surface area contributed by atoms with E-state index in [9.17, 15) is 9.90 Å². The van der Waals surface area contributed by atoms with Gasteiger partial charge in [-0.3, -0.25) is 0 Å². The Kier molecular flexibility index (Phi) is 2.15. The molecular formula is C15H18O4. The van der Waals surface area contributed by atoms with Gasteiger partial charge < -0.3 is 14.6 Å². The Balaban J connectivity index is 1.80. The summed E-state index contributed by atoms with van der Waals surface area (Å²) in [7, 11) is 0. The Hall–Kier alpha value is -1.13. The number of ether oxygens (including phenoxy) is 2.